The SMILES string of the molecule is C=c1nc(NCCC2CCCN2C)/c(=C/c2ccc(Oc3ccc(N)cc3C(F)(F)F)c(OC)c2)[nH]1. The summed E-state index contributed by atoms with van der Waals surface area (Å²) in [6, 6.07) is 8.93. The summed E-state index contributed by atoms with van der Waals surface area (Å²) in [5.74, 6) is 0.756. The Morgan fingerprint density at radius 2 is 2.00 bits per heavy atom. The maximum atomic E-state index is 13.5. The second-order valence-corrected chi connectivity index (χ2v) is 8.85. The molecule has 0 saturated carbocycles. The van der Waals surface area contributed by atoms with Crippen LogP contribution in [0.25, 0.3) is 12.7 Å². The van der Waals surface area contributed by atoms with Crippen molar-refractivity contribution in [2.45, 2.75) is 31.5 Å². The summed E-state index contributed by atoms with van der Waals surface area (Å²) in [6.45, 7) is 5.80. The van der Waals surface area contributed by atoms with E-state index in [4.69, 9.17) is 15.2 Å². The zero-order valence-corrected chi connectivity index (χ0v) is 20.3. The molecule has 0 bridgehead atoms. The van der Waals surface area contributed by atoms with Gasteiger partial charge in [-0.15, -0.1) is 0 Å². The van der Waals surface area contributed by atoms with Crippen LogP contribution >= 0.6 is 0 Å². The lowest BCUT2D eigenvalue weighted by Crippen LogP contribution is -2.27. The third-order valence-electron chi connectivity index (χ3n) is 6.25. The monoisotopic (exact) mass is 501 g/mol. The van der Waals surface area contributed by atoms with Crippen LogP contribution < -0.4 is 31.4 Å². The van der Waals surface area contributed by atoms with Gasteiger partial charge in [-0.2, -0.15) is 13.2 Å². The van der Waals surface area contributed by atoms with Crippen LogP contribution in [0.1, 0.15) is 30.4 Å². The lowest BCUT2D eigenvalue weighted by molar-refractivity contribution is -0.138. The van der Waals surface area contributed by atoms with E-state index < -0.39 is 11.7 Å². The number of nitrogens with two attached hydrogens (primary N) is 1. The van der Waals surface area contributed by atoms with Crippen molar-refractivity contribution in [3.8, 4) is 17.2 Å². The molecule has 1 fully saturated rings. The number of alkyl halides is 3. The van der Waals surface area contributed by atoms with E-state index in [0.717, 1.165) is 36.5 Å². The molecule has 10 heteroatoms. The topological polar surface area (TPSA) is 88.4 Å². The molecule has 1 saturated heterocycles. The van der Waals surface area contributed by atoms with Gasteiger partial charge in [0.25, 0.3) is 0 Å². The van der Waals surface area contributed by atoms with Crippen LogP contribution in [0.15, 0.2) is 36.4 Å². The van der Waals surface area contributed by atoms with E-state index in [-0.39, 0.29) is 22.9 Å². The molecule has 0 amide bonds. The highest BCUT2D eigenvalue weighted by atomic mass is 19.4. The van der Waals surface area contributed by atoms with E-state index in [2.05, 4.69) is 33.8 Å². The first-order valence-corrected chi connectivity index (χ1v) is 11.7. The molecular formula is C26H30F3N5O2. The molecule has 3 aromatic rings. The fourth-order valence-corrected chi connectivity index (χ4v) is 4.38. The van der Waals surface area contributed by atoms with Crippen molar-refractivity contribution in [3.63, 3.8) is 0 Å². The fourth-order valence-electron chi connectivity index (χ4n) is 4.38. The number of benzene rings is 2. The number of H-pyrrole nitrogens is 1. The largest absolute Gasteiger partial charge is 0.493 e. The van der Waals surface area contributed by atoms with E-state index in [1.807, 2.05) is 6.08 Å². The van der Waals surface area contributed by atoms with Crippen molar-refractivity contribution in [2.75, 3.05) is 38.3 Å². The number of rotatable bonds is 8. The lowest BCUT2D eigenvalue weighted by atomic mass is 10.1. The first-order valence-electron chi connectivity index (χ1n) is 11.7. The molecule has 1 aliphatic heterocycles. The van der Waals surface area contributed by atoms with Crippen molar-refractivity contribution in [2.24, 2.45) is 0 Å². The summed E-state index contributed by atoms with van der Waals surface area (Å²) < 4.78 is 51.4. The normalized spacial score (nSPS) is 16.9. The van der Waals surface area contributed by atoms with E-state index in [9.17, 15) is 13.2 Å². The van der Waals surface area contributed by atoms with Gasteiger partial charge in [-0.1, -0.05) is 12.6 Å². The minimum absolute atomic E-state index is 0.00407. The molecule has 2 aromatic carbocycles. The molecule has 1 aliphatic rings. The molecule has 2 heterocycles. The summed E-state index contributed by atoms with van der Waals surface area (Å²) in [5, 5.41) is 4.13. The van der Waals surface area contributed by atoms with Gasteiger partial charge in [0.05, 0.1) is 12.5 Å². The second kappa shape index (κ2) is 10.5. The first kappa shape index (κ1) is 25.4. The molecule has 1 atom stereocenters. The van der Waals surface area contributed by atoms with Crippen molar-refractivity contribution in [1.29, 1.82) is 0 Å². The van der Waals surface area contributed by atoms with E-state index in [0.29, 0.717) is 17.3 Å². The molecule has 36 heavy (non-hydrogen) atoms. The smallest absolute Gasteiger partial charge is 0.420 e. The van der Waals surface area contributed by atoms with Crippen molar-refractivity contribution in [1.82, 2.24) is 14.9 Å². The first-order chi connectivity index (χ1) is 17.1. The molecule has 192 valence electrons. The Morgan fingerprint density at radius 1 is 1.22 bits per heavy atom. The van der Waals surface area contributed by atoms with E-state index in [1.54, 1.807) is 18.2 Å². The van der Waals surface area contributed by atoms with Gasteiger partial charge in [0.1, 0.15) is 16.8 Å². The predicted octanol–water partition coefficient (Wildman–Crippen LogP) is 3.95. The Labute approximate surface area is 207 Å². The number of ether oxygens (including phenoxy) is 2. The number of aromatic amines is 1. The number of anilines is 2. The van der Waals surface area contributed by atoms with Crippen molar-refractivity contribution < 1.29 is 22.6 Å². The number of imidazole rings is 1. The maximum absolute atomic E-state index is 13.5. The molecule has 7 nitrogen and oxygen atoms in total. The molecule has 0 aliphatic carbocycles. The average molecular weight is 502 g/mol. The van der Waals surface area contributed by atoms with E-state index in [1.165, 1.54) is 32.1 Å². The zero-order valence-electron chi connectivity index (χ0n) is 20.3. The lowest BCUT2D eigenvalue weighted by Gasteiger charge is -2.19. The van der Waals surface area contributed by atoms with Crippen LogP contribution in [0.4, 0.5) is 24.7 Å². The van der Waals surface area contributed by atoms with Crippen molar-refractivity contribution in [3.05, 3.63) is 58.4 Å². The molecule has 1 aromatic heterocycles. The molecular weight excluding hydrogens is 471 g/mol. The van der Waals surface area contributed by atoms with Gasteiger partial charge in [-0.25, -0.2) is 4.98 Å². The Bertz CT molecular complexity index is 1320. The van der Waals surface area contributed by atoms with Crippen LogP contribution in [-0.2, 0) is 6.18 Å². The number of hydrogen-bond acceptors (Lipinski definition) is 6. The number of hydrogen-bond donors (Lipinski definition) is 3. The van der Waals surface area contributed by atoms with Gasteiger partial charge >= 0.3 is 6.18 Å². The number of nitrogens with zero attached hydrogens (tertiary/aromatic N) is 2. The Kier molecular flexibility index (Phi) is 7.44. The molecule has 4 rings (SSSR count). The van der Waals surface area contributed by atoms with Gasteiger partial charge in [0.2, 0.25) is 0 Å². The predicted molar refractivity (Wildman–Crippen MR) is 135 cm³/mol. The average Bonchev–Trinajstić information content (AvgIpc) is 3.39. The number of nitrogen functional groups attached to an aromatic ring is 1. The summed E-state index contributed by atoms with van der Waals surface area (Å²) in [6.07, 6.45) is 0.688. The zero-order chi connectivity index (χ0) is 25.9. The Morgan fingerprint density at radius 3 is 2.69 bits per heavy atom. The van der Waals surface area contributed by atoms with Crippen molar-refractivity contribution >= 4 is 24.2 Å². The Hall–Kier alpha value is -3.66. The van der Waals surface area contributed by atoms with E-state index >= 15 is 0 Å². The highest BCUT2D eigenvalue weighted by Gasteiger charge is 2.35. The van der Waals surface area contributed by atoms with Gasteiger partial charge in [-0.3, -0.25) is 0 Å². The van der Waals surface area contributed by atoms with Crippen LogP contribution in [0, 0.1) is 0 Å². The molecule has 4 N–H and O–H groups in total. The highest BCUT2D eigenvalue weighted by Crippen LogP contribution is 2.41. The third-order valence-corrected chi connectivity index (χ3v) is 6.25. The van der Waals surface area contributed by atoms with Gasteiger partial charge in [0, 0.05) is 18.3 Å². The quantitative estimate of drug-likeness (QED) is 0.405. The van der Waals surface area contributed by atoms with Crippen LogP contribution in [0.5, 0.6) is 17.2 Å². The number of halogens is 3. The van der Waals surface area contributed by atoms with Crippen LogP contribution in [-0.4, -0.2) is 48.2 Å². The third kappa shape index (κ3) is 5.93. The minimum Gasteiger partial charge on any atom is -0.493 e. The fraction of sp³-hybridized carbons (Fsp3) is 0.346. The summed E-state index contributed by atoms with van der Waals surface area (Å²) in [5.41, 5.74) is 5.85. The van der Waals surface area contributed by atoms with Gasteiger partial charge < -0.3 is 30.4 Å². The van der Waals surface area contributed by atoms with Gasteiger partial charge in [0.15, 0.2) is 17.3 Å². The Balaban J connectivity index is 1.55. The summed E-state index contributed by atoms with van der Waals surface area (Å²) in [7, 11) is 3.58. The maximum Gasteiger partial charge on any atom is 0.420 e. The number of aromatic nitrogens is 2. The summed E-state index contributed by atoms with van der Waals surface area (Å²) in [4.78, 5) is 9.97. The van der Waals surface area contributed by atoms with Gasteiger partial charge in [-0.05, 0) is 74.8 Å². The summed E-state index contributed by atoms with van der Waals surface area (Å²) >= 11 is 0. The molecule has 0 spiro atoms. The number of methoxy groups -OCH3 is 1. The minimum atomic E-state index is -4.62. The second-order valence-electron chi connectivity index (χ2n) is 8.85. The number of nitrogens with one attached hydrogen (secondary N) is 2. The molecule has 0 radical (unpaired) electrons. The van der Waals surface area contributed by atoms with Crippen LogP contribution in [0.2, 0.25) is 0 Å². The van der Waals surface area contributed by atoms with Crippen LogP contribution in [0.3, 0.4) is 0 Å². The standard InChI is InChI=1S/C26H30F3N5O2/c1-16-32-21(25(33-16)31-11-10-19-5-4-12-34(19)2)13-17-6-8-23(24(14-17)35-3)36-22-9-7-18(30)15-20(22)26(27,28)29/h6-9,13-15,19,32H,1,4-5,10-12,30H2,2-3H3,(H,31,33)/b21-13-. The highest BCUT2D eigenvalue weighted by molar-refractivity contribution is 5.59. The number of likely N-dealkylation sites (tertiary alicyclic amines) is 1. The molecule has 1 unspecified atom stereocenters.